The topological polar surface area (TPSA) is 44.2 Å². The Morgan fingerprint density at radius 1 is 1.10 bits per heavy atom. The predicted octanol–water partition coefficient (Wildman–Crippen LogP) is 3.41. The fourth-order valence-electron chi connectivity index (χ4n) is 1.87. The monoisotopic (exact) mass is 322 g/mol. The second-order valence-corrected chi connectivity index (χ2v) is 4.63. The van der Waals surface area contributed by atoms with Gasteiger partial charge in [-0.1, -0.05) is 11.6 Å². The lowest BCUT2D eigenvalue weighted by Crippen LogP contribution is -2.26. The van der Waals surface area contributed by atoms with Crippen LogP contribution in [0.3, 0.4) is 0 Å². The van der Waals surface area contributed by atoms with Crippen molar-refractivity contribution >= 4 is 22.5 Å². The summed E-state index contributed by atoms with van der Waals surface area (Å²) in [6, 6.07) is 2.74. The highest BCUT2D eigenvalue weighted by molar-refractivity contribution is 6.34. The number of hydrogen-bond donors (Lipinski definition) is 0. The molecule has 1 aliphatic rings. The zero-order chi connectivity index (χ0) is 15.2. The molecule has 0 radical (unpaired) electrons. The van der Waals surface area contributed by atoms with Gasteiger partial charge in [0.15, 0.2) is 11.5 Å². The summed E-state index contributed by atoms with van der Waals surface area (Å²) < 4.78 is 62.0. The fraction of sp³-hybridized carbons (Fsp3) is 0.333. The molecule has 4 nitrogen and oxygen atoms in total. The summed E-state index contributed by atoms with van der Waals surface area (Å²) in [5.74, 6) is -5.15. The van der Waals surface area contributed by atoms with Crippen LogP contribution in [0.1, 0.15) is 5.82 Å². The Bertz CT molecular complexity index is 711. The van der Waals surface area contributed by atoms with Crippen molar-refractivity contribution in [3.63, 3.8) is 0 Å². The van der Waals surface area contributed by atoms with Gasteiger partial charge in [0.05, 0.1) is 5.52 Å². The van der Waals surface area contributed by atoms with E-state index < -0.39 is 18.2 Å². The van der Waals surface area contributed by atoms with Crippen LogP contribution in [-0.4, -0.2) is 29.6 Å². The molecule has 1 aromatic heterocycles. The Balaban J connectivity index is 2.19. The normalized spacial score (nSPS) is 14.8. The van der Waals surface area contributed by atoms with Crippen molar-refractivity contribution in [2.45, 2.75) is 12.3 Å². The largest absolute Gasteiger partial charge is 0.486 e. The van der Waals surface area contributed by atoms with Crippen LogP contribution in [-0.2, 0) is 5.92 Å². The van der Waals surface area contributed by atoms with E-state index in [1.54, 1.807) is 0 Å². The van der Waals surface area contributed by atoms with E-state index in [0.717, 1.165) is 0 Å². The van der Waals surface area contributed by atoms with Crippen molar-refractivity contribution in [3.8, 4) is 11.5 Å². The van der Waals surface area contributed by atoms with Crippen molar-refractivity contribution in [2.75, 3.05) is 13.2 Å². The summed E-state index contributed by atoms with van der Waals surface area (Å²) in [5, 5.41) is -0.137. The van der Waals surface area contributed by atoms with E-state index in [1.165, 1.54) is 12.1 Å². The molecule has 21 heavy (non-hydrogen) atoms. The smallest absolute Gasteiger partial charge is 0.365 e. The third kappa shape index (κ3) is 2.33. The minimum Gasteiger partial charge on any atom is -0.486 e. The molecule has 9 heteroatoms. The lowest BCUT2D eigenvalue weighted by molar-refractivity contribution is -0.140. The first kappa shape index (κ1) is 14.1. The molecule has 1 aromatic carbocycles. The summed E-state index contributed by atoms with van der Waals surface area (Å²) in [5.41, 5.74) is -0.0189. The van der Waals surface area contributed by atoms with Crippen LogP contribution in [0.5, 0.6) is 11.5 Å². The molecule has 0 atom stereocenters. The van der Waals surface area contributed by atoms with E-state index in [9.17, 15) is 17.6 Å². The summed E-state index contributed by atoms with van der Waals surface area (Å²) >= 11 is 5.79. The van der Waals surface area contributed by atoms with Crippen LogP contribution >= 0.6 is 11.6 Å². The first-order valence-corrected chi connectivity index (χ1v) is 6.20. The molecule has 0 aliphatic carbocycles. The Morgan fingerprint density at radius 3 is 2.33 bits per heavy atom. The molecule has 2 heterocycles. The molecule has 0 fully saturated rings. The summed E-state index contributed by atoms with van der Waals surface area (Å²) in [7, 11) is 0. The number of aromatic nitrogens is 2. The van der Waals surface area contributed by atoms with Gasteiger partial charge < -0.3 is 9.47 Å². The van der Waals surface area contributed by atoms with Gasteiger partial charge in [-0.15, -0.1) is 0 Å². The van der Waals surface area contributed by atoms with Crippen LogP contribution in [0.15, 0.2) is 12.1 Å². The number of ether oxygens (including phenoxy) is 2. The van der Waals surface area contributed by atoms with Gasteiger partial charge in [0.2, 0.25) is 5.82 Å². The van der Waals surface area contributed by atoms with Crippen LogP contribution in [0.4, 0.5) is 17.6 Å². The lowest BCUT2D eigenvalue weighted by Gasteiger charge is -2.19. The Hall–Kier alpha value is -1.83. The number of hydrogen-bond acceptors (Lipinski definition) is 4. The molecule has 0 saturated carbocycles. The van der Waals surface area contributed by atoms with Gasteiger partial charge in [0, 0.05) is 11.5 Å². The number of benzene rings is 1. The van der Waals surface area contributed by atoms with Gasteiger partial charge in [-0.3, -0.25) is 0 Å². The maximum atomic E-state index is 13.3. The van der Waals surface area contributed by atoms with Gasteiger partial charge in [0.1, 0.15) is 18.4 Å². The number of nitrogens with zero attached hydrogens (tertiary/aromatic N) is 2. The number of fused-ring (bicyclic) bond motifs is 2. The third-order valence-corrected chi connectivity index (χ3v) is 3.17. The molecule has 2 aromatic rings. The molecular weight excluding hydrogens is 316 g/mol. The minimum atomic E-state index is -4.48. The predicted molar refractivity (Wildman–Crippen MR) is 65.4 cm³/mol. The van der Waals surface area contributed by atoms with Crippen molar-refractivity contribution in [1.29, 1.82) is 0 Å². The van der Waals surface area contributed by atoms with Gasteiger partial charge in [-0.2, -0.15) is 8.78 Å². The molecule has 1 aliphatic heterocycles. The molecule has 3 rings (SSSR count). The van der Waals surface area contributed by atoms with Crippen LogP contribution < -0.4 is 9.47 Å². The van der Waals surface area contributed by atoms with Crippen LogP contribution in [0.2, 0.25) is 5.15 Å². The molecule has 0 unspecified atom stereocenters. The first-order valence-electron chi connectivity index (χ1n) is 5.83. The molecule has 0 saturated heterocycles. The SMILES string of the molecule is FC(F)C(F)(F)c1nc(Cl)c2cc3c(cc2n1)OCCO3. The third-order valence-electron chi connectivity index (χ3n) is 2.89. The summed E-state index contributed by atoms with van der Waals surface area (Å²) in [6.07, 6.45) is -3.93. The second-order valence-electron chi connectivity index (χ2n) is 4.27. The number of rotatable bonds is 2. The molecule has 0 amide bonds. The first-order chi connectivity index (χ1) is 9.89. The molecule has 0 N–H and O–H groups in total. The summed E-state index contributed by atoms with van der Waals surface area (Å²) in [4.78, 5) is 6.75. The standard InChI is InChI=1S/C12H7ClF4N2O2/c13-9-5-3-7-8(21-2-1-20-7)4-6(5)18-11(19-9)12(16,17)10(14)15/h3-4,10H,1-2H2. The van der Waals surface area contributed by atoms with Gasteiger partial charge in [0.25, 0.3) is 0 Å². The molecule has 0 bridgehead atoms. The second kappa shape index (κ2) is 4.87. The zero-order valence-corrected chi connectivity index (χ0v) is 11.0. The fourth-order valence-corrected chi connectivity index (χ4v) is 2.11. The van der Waals surface area contributed by atoms with Crippen molar-refractivity contribution in [3.05, 3.63) is 23.1 Å². The number of halogens is 5. The molecule has 112 valence electrons. The Morgan fingerprint density at radius 2 is 1.71 bits per heavy atom. The highest BCUT2D eigenvalue weighted by Gasteiger charge is 2.46. The minimum absolute atomic E-state index is 0.0189. The van der Waals surface area contributed by atoms with Crippen molar-refractivity contribution < 1.29 is 27.0 Å². The maximum absolute atomic E-state index is 13.3. The van der Waals surface area contributed by atoms with E-state index in [-0.39, 0.29) is 28.4 Å². The zero-order valence-electron chi connectivity index (χ0n) is 10.2. The van der Waals surface area contributed by atoms with E-state index in [0.29, 0.717) is 12.4 Å². The van der Waals surface area contributed by atoms with E-state index in [4.69, 9.17) is 21.1 Å². The molecular formula is C12H7ClF4N2O2. The van der Waals surface area contributed by atoms with Crippen molar-refractivity contribution in [1.82, 2.24) is 9.97 Å². The van der Waals surface area contributed by atoms with Gasteiger partial charge >= 0.3 is 12.3 Å². The van der Waals surface area contributed by atoms with Crippen LogP contribution in [0, 0.1) is 0 Å². The maximum Gasteiger partial charge on any atom is 0.365 e. The highest BCUT2D eigenvalue weighted by atomic mass is 35.5. The van der Waals surface area contributed by atoms with Crippen molar-refractivity contribution in [2.24, 2.45) is 0 Å². The average Bonchev–Trinajstić information content (AvgIpc) is 2.45. The molecule has 0 spiro atoms. The Kier molecular flexibility index (Phi) is 3.27. The van der Waals surface area contributed by atoms with E-state index in [2.05, 4.69) is 9.97 Å². The Labute approximate surface area is 120 Å². The van der Waals surface area contributed by atoms with Gasteiger partial charge in [-0.25, -0.2) is 18.7 Å². The van der Waals surface area contributed by atoms with E-state index in [1.807, 2.05) is 0 Å². The lowest BCUT2D eigenvalue weighted by atomic mass is 10.2. The van der Waals surface area contributed by atoms with E-state index >= 15 is 0 Å². The highest BCUT2D eigenvalue weighted by Crippen LogP contribution is 2.38. The number of alkyl halides is 4. The van der Waals surface area contributed by atoms with Crippen LogP contribution in [0.25, 0.3) is 10.9 Å². The quantitative estimate of drug-likeness (QED) is 0.628. The average molecular weight is 323 g/mol. The van der Waals surface area contributed by atoms with Gasteiger partial charge in [-0.05, 0) is 6.07 Å². The summed E-state index contributed by atoms with van der Waals surface area (Å²) in [6.45, 7) is 0.621.